The Bertz CT molecular complexity index is 971. The zero-order chi connectivity index (χ0) is 20.6. The zero-order valence-electron chi connectivity index (χ0n) is 16.1. The van der Waals surface area contributed by atoms with Crippen LogP contribution in [0.3, 0.4) is 0 Å². The normalized spacial score (nSPS) is 11.5. The van der Waals surface area contributed by atoms with Gasteiger partial charge in [-0.3, -0.25) is 4.79 Å². The summed E-state index contributed by atoms with van der Waals surface area (Å²) in [5.74, 6) is -1.30. The van der Waals surface area contributed by atoms with E-state index in [0.29, 0.717) is 12.0 Å². The molecule has 1 N–H and O–H groups in total. The number of nitrogens with one attached hydrogen (secondary N) is 1. The molecule has 0 aromatic heterocycles. The zero-order valence-corrected chi connectivity index (χ0v) is 16.1. The Morgan fingerprint density at radius 1 is 0.897 bits per heavy atom. The average molecular weight is 391 g/mol. The van der Waals surface area contributed by atoms with Gasteiger partial charge in [0.05, 0.1) is 13.5 Å². The van der Waals surface area contributed by atoms with Crippen molar-refractivity contribution in [2.24, 2.45) is 0 Å². The molecule has 0 aliphatic rings. The maximum Gasteiger partial charge on any atom is 0.328 e. The van der Waals surface area contributed by atoms with Gasteiger partial charge in [-0.15, -0.1) is 0 Å². The summed E-state index contributed by atoms with van der Waals surface area (Å²) in [4.78, 5) is 24.5. The van der Waals surface area contributed by atoms with Crippen molar-refractivity contribution in [3.63, 3.8) is 0 Å². The van der Waals surface area contributed by atoms with Crippen LogP contribution in [-0.2, 0) is 27.2 Å². The van der Waals surface area contributed by atoms with Crippen LogP contribution in [0.25, 0.3) is 11.1 Å². The molecule has 0 aliphatic carbocycles. The molecule has 148 valence electrons. The van der Waals surface area contributed by atoms with Gasteiger partial charge in [0.25, 0.3) is 0 Å². The SMILES string of the molecule is COC(=O)[C@H](Cc1ccc(-c2ccccc2)cc1)NC(=O)Cc1cccc(F)c1. The first-order valence-electron chi connectivity index (χ1n) is 9.31. The monoisotopic (exact) mass is 391 g/mol. The molecule has 0 unspecified atom stereocenters. The minimum Gasteiger partial charge on any atom is -0.467 e. The molecule has 0 radical (unpaired) electrons. The van der Waals surface area contributed by atoms with Gasteiger partial charge in [0.2, 0.25) is 5.91 Å². The molecule has 0 aliphatic heterocycles. The second-order valence-electron chi connectivity index (χ2n) is 6.72. The highest BCUT2D eigenvalue weighted by atomic mass is 19.1. The molecule has 3 rings (SSSR count). The summed E-state index contributed by atoms with van der Waals surface area (Å²) >= 11 is 0. The Hall–Kier alpha value is -3.47. The lowest BCUT2D eigenvalue weighted by molar-refractivity contribution is -0.145. The highest BCUT2D eigenvalue weighted by Crippen LogP contribution is 2.20. The fourth-order valence-electron chi connectivity index (χ4n) is 3.11. The molecule has 1 amide bonds. The maximum atomic E-state index is 13.3. The lowest BCUT2D eigenvalue weighted by Gasteiger charge is -2.17. The van der Waals surface area contributed by atoms with Crippen molar-refractivity contribution in [1.82, 2.24) is 5.32 Å². The van der Waals surface area contributed by atoms with Crippen LogP contribution < -0.4 is 5.32 Å². The molecule has 4 nitrogen and oxygen atoms in total. The Morgan fingerprint density at radius 3 is 2.24 bits per heavy atom. The predicted octanol–water partition coefficient (Wildman–Crippen LogP) is 3.94. The van der Waals surface area contributed by atoms with Gasteiger partial charge in [0, 0.05) is 6.42 Å². The van der Waals surface area contributed by atoms with Crippen LogP contribution in [0.15, 0.2) is 78.9 Å². The van der Waals surface area contributed by atoms with Gasteiger partial charge in [-0.05, 0) is 34.4 Å². The van der Waals surface area contributed by atoms with Crippen LogP contribution in [0.1, 0.15) is 11.1 Å². The first kappa shape index (κ1) is 20.3. The smallest absolute Gasteiger partial charge is 0.328 e. The molecule has 3 aromatic carbocycles. The number of rotatable bonds is 7. The topological polar surface area (TPSA) is 55.4 Å². The Labute approximate surface area is 169 Å². The molecule has 0 fully saturated rings. The van der Waals surface area contributed by atoms with Gasteiger partial charge < -0.3 is 10.1 Å². The number of carbonyl (C=O) groups excluding carboxylic acids is 2. The second kappa shape index (κ2) is 9.64. The molecule has 5 heteroatoms. The van der Waals surface area contributed by atoms with Gasteiger partial charge >= 0.3 is 5.97 Å². The van der Waals surface area contributed by atoms with E-state index in [1.54, 1.807) is 12.1 Å². The van der Waals surface area contributed by atoms with E-state index < -0.39 is 17.8 Å². The lowest BCUT2D eigenvalue weighted by Crippen LogP contribution is -2.43. The summed E-state index contributed by atoms with van der Waals surface area (Å²) in [5.41, 5.74) is 3.61. The van der Waals surface area contributed by atoms with Crippen LogP contribution in [0, 0.1) is 5.82 Å². The van der Waals surface area contributed by atoms with E-state index in [9.17, 15) is 14.0 Å². The molecule has 0 saturated heterocycles. The summed E-state index contributed by atoms with van der Waals surface area (Å²) in [6.45, 7) is 0. The van der Waals surface area contributed by atoms with Gasteiger partial charge in [-0.1, -0.05) is 66.7 Å². The first-order valence-corrected chi connectivity index (χ1v) is 9.31. The molecular weight excluding hydrogens is 369 g/mol. The van der Waals surface area contributed by atoms with Crippen LogP contribution in [-0.4, -0.2) is 25.0 Å². The van der Waals surface area contributed by atoms with E-state index in [1.807, 2.05) is 54.6 Å². The first-order chi connectivity index (χ1) is 14.0. The number of esters is 1. The quantitative estimate of drug-likeness (QED) is 0.621. The van der Waals surface area contributed by atoms with Gasteiger partial charge in [-0.2, -0.15) is 0 Å². The summed E-state index contributed by atoms with van der Waals surface area (Å²) in [7, 11) is 1.28. The number of halogens is 1. The maximum absolute atomic E-state index is 13.3. The fraction of sp³-hybridized carbons (Fsp3) is 0.167. The molecule has 3 aromatic rings. The highest BCUT2D eigenvalue weighted by Gasteiger charge is 2.22. The van der Waals surface area contributed by atoms with Crippen molar-refractivity contribution in [3.8, 4) is 11.1 Å². The highest BCUT2D eigenvalue weighted by molar-refractivity contribution is 5.85. The number of carbonyl (C=O) groups is 2. The summed E-state index contributed by atoms with van der Waals surface area (Å²) < 4.78 is 18.1. The summed E-state index contributed by atoms with van der Waals surface area (Å²) in [6.07, 6.45) is 0.287. The van der Waals surface area contributed by atoms with Crippen LogP contribution in [0.5, 0.6) is 0 Å². The fourth-order valence-corrected chi connectivity index (χ4v) is 3.11. The number of ether oxygens (including phenoxy) is 1. The van der Waals surface area contributed by atoms with Crippen molar-refractivity contribution >= 4 is 11.9 Å². The number of benzene rings is 3. The molecule has 0 saturated carbocycles. The standard InChI is InChI=1S/C24H22FNO3/c1-29-24(28)22(26-23(27)16-18-6-5-9-21(25)14-18)15-17-10-12-20(13-11-17)19-7-3-2-4-8-19/h2-14,22H,15-16H2,1H3,(H,26,27)/t22-/m0/s1. The molecule has 0 bridgehead atoms. The number of methoxy groups -OCH3 is 1. The van der Waals surface area contributed by atoms with Crippen molar-refractivity contribution in [1.29, 1.82) is 0 Å². The van der Waals surface area contributed by atoms with Crippen LogP contribution in [0.4, 0.5) is 4.39 Å². The van der Waals surface area contributed by atoms with E-state index in [1.165, 1.54) is 19.2 Å². The number of hydrogen-bond acceptors (Lipinski definition) is 3. The predicted molar refractivity (Wildman–Crippen MR) is 110 cm³/mol. The Balaban J connectivity index is 1.67. The lowest BCUT2D eigenvalue weighted by atomic mass is 10.0. The van der Waals surface area contributed by atoms with Gasteiger partial charge in [0.15, 0.2) is 0 Å². The minimum atomic E-state index is -0.816. The van der Waals surface area contributed by atoms with Gasteiger partial charge in [-0.25, -0.2) is 9.18 Å². The Morgan fingerprint density at radius 2 is 1.59 bits per heavy atom. The molecule has 29 heavy (non-hydrogen) atoms. The third kappa shape index (κ3) is 5.75. The molecule has 0 spiro atoms. The molecule has 0 heterocycles. The minimum absolute atomic E-state index is 0.0157. The van der Waals surface area contributed by atoms with Crippen molar-refractivity contribution < 1.29 is 18.7 Å². The third-order valence-electron chi connectivity index (χ3n) is 4.58. The summed E-state index contributed by atoms with van der Waals surface area (Å²) in [5, 5.41) is 2.69. The van der Waals surface area contributed by atoms with Gasteiger partial charge in [0.1, 0.15) is 11.9 Å². The van der Waals surface area contributed by atoms with E-state index in [0.717, 1.165) is 16.7 Å². The molecule has 1 atom stereocenters. The van der Waals surface area contributed by atoms with Crippen LogP contribution >= 0.6 is 0 Å². The van der Waals surface area contributed by atoms with E-state index in [2.05, 4.69) is 5.32 Å². The van der Waals surface area contributed by atoms with Crippen molar-refractivity contribution in [2.75, 3.05) is 7.11 Å². The largest absolute Gasteiger partial charge is 0.467 e. The Kier molecular flexibility index (Phi) is 6.74. The third-order valence-corrected chi connectivity index (χ3v) is 4.58. The molecular formula is C24H22FNO3. The van der Waals surface area contributed by atoms with E-state index in [-0.39, 0.29) is 12.3 Å². The summed E-state index contributed by atoms with van der Waals surface area (Å²) in [6, 6.07) is 22.8. The van der Waals surface area contributed by atoms with Crippen LogP contribution in [0.2, 0.25) is 0 Å². The number of hydrogen-bond donors (Lipinski definition) is 1. The average Bonchev–Trinajstić information content (AvgIpc) is 2.74. The number of amides is 1. The van der Waals surface area contributed by atoms with Crippen molar-refractivity contribution in [3.05, 3.63) is 95.8 Å². The second-order valence-corrected chi connectivity index (χ2v) is 6.72. The van der Waals surface area contributed by atoms with E-state index >= 15 is 0 Å². The van der Waals surface area contributed by atoms with E-state index in [4.69, 9.17) is 4.74 Å². The van der Waals surface area contributed by atoms with Crippen molar-refractivity contribution in [2.45, 2.75) is 18.9 Å².